The third kappa shape index (κ3) is 3.28. The lowest BCUT2D eigenvalue weighted by Gasteiger charge is -2.20. The first-order chi connectivity index (χ1) is 14.6. The van der Waals surface area contributed by atoms with Gasteiger partial charge in [0.15, 0.2) is 0 Å². The first kappa shape index (κ1) is 18.6. The third-order valence-electron chi connectivity index (χ3n) is 6.00. The Morgan fingerprint density at radius 2 is 1.73 bits per heavy atom. The zero-order chi connectivity index (χ0) is 20.7. The fraction of sp³-hybridized carbons (Fsp3) is 0.231. The number of hydrogen-bond acceptors (Lipinski definition) is 2. The van der Waals surface area contributed by atoms with Gasteiger partial charge in [0, 0.05) is 31.1 Å². The zero-order valence-corrected chi connectivity index (χ0v) is 17.4. The maximum atomic E-state index is 13.0. The molecule has 0 N–H and O–H groups in total. The Morgan fingerprint density at radius 3 is 2.53 bits per heavy atom. The van der Waals surface area contributed by atoms with Gasteiger partial charge in [-0.25, -0.2) is 4.98 Å². The Morgan fingerprint density at radius 1 is 0.967 bits per heavy atom. The highest BCUT2D eigenvalue weighted by atomic mass is 16.2. The molecular weight excluding hydrogens is 370 g/mol. The molecule has 0 unspecified atom stereocenters. The Balaban J connectivity index is 1.53. The number of hydrogen-bond donors (Lipinski definition) is 0. The second kappa shape index (κ2) is 7.45. The van der Waals surface area contributed by atoms with Crippen LogP contribution in [0.25, 0.3) is 11.0 Å². The van der Waals surface area contributed by atoms with Crippen molar-refractivity contribution in [2.75, 3.05) is 11.4 Å². The van der Waals surface area contributed by atoms with E-state index in [-0.39, 0.29) is 11.8 Å². The number of aryl methyl sites for hydroxylation is 2. The number of benzene rings is 3. The minimum Gasteiger partial charge on any atom is -0.323 e. The van der Waals surface area contributed by atoms with E-state index in [2.05, 4.69) is 79.1 Å². The third-order valence-corrected chi connectivity index (χ3v) is 6.00. The molecule has 1 atom stereocenters. The van der Waals surface area contributed by atoms with E-state index < -0.39 is 0 Å². The number of rotatable bonds is 4. The summed E-state index contributed by atoms with van der Waals surface area (Å²) in [6.07, 6.45) is 0.491. The number of amides is 1. The highest BCUT2D eigenvalue weighted by Crippen LogP contribution is 2.35. The van der Waals surface area contributed by atoms with Gasteiger partial charge in [-0.2, -0.15) is 0 Å². The van der Waals surface area contributed by atoms with E-state index >= 15 is 0 Å². The van der Waals surface area contributed by atoms with Gasteiger partial charge in [-0.05, 0) is 43.2 Å². The largest absolute Gasteiger partial charge is 0.323 e. The Labute approximate surface area is 176 Å². The molecule has 0 aliphatic carbocycles. The molecule has 1 fully saturated rings. The van der Waals surface area contributed by atoms with Crippen LogP contribution in [0.2, 0.25) is 0 Å². The second-order valence-electron chi connectivity index (χ2n) is 8.23. The molecule has 2 heterocycles. The van der Waals surface area contributed by atoms with Crippen LogP contribution in [0.1, 0.15) is 34.9 Å². The van der Waals surface area contributed by atoms with Crippen LogP contribution >= 0.6 is 0 Å². The van der Waals surface area contributed by atoms with Crippen LogP contribution in [-0.2, 0) is 11.3 Å². The molecular formula is C26H25N3O. The average molecular weight is 396 g/mol. The Kier molecular flexibility index (Phi) is 4.62. The van der Waals surface area contributed by atoms with Gasteiger partial charge in [0.2, 0.25) is 5.91 Å². The van der Waals surface area contributed by atoms with E-state index in [0.717, 1.165) is 34.7 Å². The lowest BCUT2D eigenvalue weighted by Crippen LogP contribution is -2.25. The van der Waals surface area contributed by atoms with Crippen LogP contribution in [-0.4, -0.2) is 22.0 Å². The summed E-state index contributed by atoms with van der Waals surface area (Å²) < 4.78 is 2.29. The van der Waals surface area contributed by atoms with E-state index in [9.17, 15) is 4.79 Å². The van der Waals surface area contributed by atoms with E-state index in [1.54, 1.807) is 0 Å². The van der Waals surface area contributed by atoms with Crippen LogP contribution in [0.15, 0.2) is 72.8 Å². The molecule has 1 amide bonds. The predicted molar refractivity (Wildman–Crippen MR) is 121 cm³/mol. The van der Waals surface area contributed by atoms with Crippen LogP contribution in [0.3, 0.4) is 0 Å². The van der Waals surface area contributed by atoms with Crippen molar-refractivity contribution in [3.63, 3.8) is 0 Å². The van der Waals surface area contributed by atoms with Crippen molar-refractivity contribution in [1.29, 1.82) is 0 Å². The molecule has 4 nitrogen and oxygen atoms in total. The number of nitrogens with zero attached hydrogens (tertiary/aromatic N) is 3. The van der Waals surface area contributed by atoms with Crippen molar-refractivity contribution >= 4 is 22.6 Å². The summed E-state index contributed by atoms with van der Waals surface area (Å²) in [6, 6.07) is 25.0. The van der Waals surface area contributed by atoms with Crippen LogP contribution in [0.5, 0.6) is 0 Å². The molecule has 0 bridgehead atoms. The van der Waals surface area contributed by atoms with Crippen LogP contribution in [0.4, 0.5) is 5.69 Å². The normalized spacial score (nSPS) is 16.5. The number of imidazole rings is 1. The first-order valence-corrected chi connectivity index (χ1v) is 10.5. The zero-order valence-electron chi connectivity index (χ0n) is 17.4. The molecule has 0 radical (unpaired) electrons. The summed E-state index contributed by atoms with van der Waals surface area (Å²) in [5, 5.41) is 0. The highest BCUT2D eigenvalue weighted by molar-refractivity contribution is 5.97. The first-order valence-electron chi connectivity index (χ1n) is 10.5. The van der Waals surface area contributed by atoms with Crippen molar-refractivity contribution in [3.8, 4) is 0 Å². The van der Waals surface area contributed by atoms with Gasteiger partial charge in [0.1, 0.15) is 5.82 Å². The van der Waals surface area contributed by atoms with Gasteiger partial charge in [-0.3, -0.25) is 4.79 Å². The van der Waals surface area contributed by atoms with Crippen LogP contribution in [0, 0.1) is 13.8 Å². The topological polar surface area (TPSA) is 38.1 Å². The standard InChI is InChI=1S/C26H25N3O/c1-18-12-13-23(19(2)14-18)28-17-21(15-25(28)30)26-27-22-10-6-7-11-24(22)29(26)16-20-8-4-3-5-9-20/h3-14,21H,15-17H2,1-2H3/t21-/m0/s1. The van der Waals surface area contributed by atoms with Crippen molar-refractivity contribution in [3.05, 3.63) is 95.3 Å². The fourth-order valence-electron chi connectivity index (χ4n) is 4.56. The number of carbonyl (C=O) groups is 1. The maximum Gasteiger partial charge on any atom is 0.227 e. The SMILES string of the molecule is Cc1ccc(N2C[C@@H](c3nc4ccccc4n3Cc3ccccc3)CC2=O)c(C)c1. The second-order valence-corrected chi connectivity index (χ2v) is 8.23. The van der Waals surface area contributed by atoms with Gasteiger partial charge in [0.25, 0.3) is 0 Å². The summed E-state index contributed by atoms with van der Waals surface area (Å²) >= 11 is 0. The molecule has 4 aromatic rings. The van der Waals surface area contributed by atoms with Gasteiger partial charge < -0.3 is 9.47 Å². The van der Waals surface area contributed by atoms with Gasteiger partial charge >= 0.3 is 0 Å². The minimum absolute atomic E-state index is 0.0781. The van der Waals surface area contributed by atoms with Gasteiger partial charge in [-0.1, -0.05) is 60.2 Å². The monoisotopic (exact) mass is 395 g/mol. The molecule has 30 heavy (non-hydrogen) atoms. The molecule has 1 aliphatic heterocycles. The quantitative estimate of drug-likeness (QED) is 0.475. The summed E-state index contributed by atoms with van der Waals surface area (Å²) in [5.41, 5.74) is 6.71. The average Bonchev–Trinajstić information content (AvgIpc) is 3.30. The molecule has 0 spiro atoms. The lowest BCUT2D eigenvalue weighted by molar-refractivity contribution is -0.117. The lowest BCUT2D eigenvalue weighted by atomic mass is 10.1. The minimum atomic E-state index is 0.0781. The fourth-order valence-corrected chi connectivity index (χ4v) is 4.56. The van der Waals surface area contributed by atoms with E-state index in [0.29, 0.717) is 13.0 Å². The van der Waals surface area contributed by atoms with E-state index in [1.807, 2.05) is 17.0 Å². The summed E-state index contributed by atoms with van der Waals surface area (Å²) in [6.45, 7) is 5.58. The molecule has 1 saturated heterocycles. The Bertz CT molecular complexity index is 1230. The number of carbonyl (C=O) groups excluding carboxylic acids is 1. The van der Waals surface area contributed by atoms with Crippen molar-refractivity contribution in [1.82, 2.24) is 9.55 Å². The number of anilines is 1. The summed E-state index contributed by atoms with van der Waals surface area (Å²) in [5.74, 6) is 1.25. The Hall–Kier alpha value is -3.40. The predicted octanol–water partition coefficient (Wildman–Crippen LogP) is 5.22. The van der Waals surface area contributed by atoms with Gasteiger partial charge in [0.05, 0.1) is 11.0 Å². The number of para-hydroxylation sites is 2. The molecule has 1 aliphatic rings. The smallest absolute Gasteiger partial charge is 0.227 e. The van der Waals surface area contributed by atoms with Crippen LogP contribution < -0.4 is 4.90 Å². The maximum absolute atomic E-state index is 13.0. The molecule has 150 valence electrons. The molecule has 3 aromatic carbocycles. The molecule has 1 aromatic heterocycles. The molecule has 4 heteroatoms. The summed E-state index contributed by atoms with van der Waals surface area (Å²) in [4.78, 5) is 19.9. The number of aromatic nitrogens is 2. The molecule has 5 rings (SSSR count). The van der Waals surface area contributed by atoms with Crippen molar-refractivity contribution in [2.45, 2.75) is 32.7 Å². The van der Waals surface area contributed by atoms with E-state index in [4.69, 9.17) is 4.98 Å². The van der Waals surface area contributed by atoms with E-state index in [1.165, 1.54) is 11.1 Å². The number of fused-ring (bicyclic) bond motifs is 1. The molecule has 0 saturated carbocycles. The highest BCUT2D eigenvalue weighted by Gasteiger charge is 2.35. The summed E-state index contributed by atoms with van der Waals surface area (Å²) in [7, 11) is 0. The van der Waals surface area contributed by atoms with Crippen molar-refractivity contribution < 1.29 is 4.79 Å². The van der Waals surface area contributed by atoms with Gasteiger partial charge in [-0.15, -0.1) is 0 Å². The van der Waals surface area contributed by atoms with Crippen molar-refractivity contribution in [2.24, 2.45) is 0 Å².